The molecule has 1 aliphatic rings. The molecule has 12 aromatic carbocycles. The fourth-order valence-electron chi connectivity index (χ4n) is 13.2. The third-order valence-electron chi connectivity index (χ3n) is 17.4. The number of rotatable bonds is 15. The smallest absolute Gasteiger partial charge is 0.0714 e. The van der Waals surface area contributed by atoms with Gasteiger partial charge in [0.1, 0.15) is 0 Å². The van der Waals surface area contributed by atoms with Gasteiger partial charge in [0.05, 0.1) is 22.1 Å². The van der Waals surface area contributed by atoms with E-state index in [0.717, 1.165) is 74.3 Å². The lowest BCUT2D eigenvalue weighted by Crippen LogP contribution is -2.29. The van der Waals surface area contributed by atoms with Crippen molar-refractivity contribution in [1.29, 1.82) is 0 Å². The molecule has 0 fully saturated rings. The van der Waals surface area contributed by atoms with Gasteiger partial charge in [-0.05, 0) is 174 Å². The fourth-order valence-corrected chi connectivity index (χ4v) is 13.2. The van der Waals surface area contributed by atoms with Crippen molar-refractivity contribution in [1.82, 2.24) is 4.57 Å². The molecular weight excluding hydrogens is 1000 g/mol. The summed E-state index contributed by atoms with van der Waals surface area (Å²) in [5.74, 6) is 0. The van der Waals surface area contributed by atoms with Gasteiger partial charge in [0.2, 0.25) is 0 Å². The van der Waals surface area contributed by atoms with Crippen LogP contribution in [0.4, 0.5) is 17.1 Å². The molecule has 0 spiro atoms. The minimum absolute atomic E-state index is 0.604. The number of aryl methyl sites for hydroxylation is 1. The molecule has 0 radical (unpaired) electrons. The first-order valence-corrected chi connectivity index (χ1v) is 29.0. The molecule has 2 nitrogen and oxygen atoms in total. The van der Waals surface area contributed by atoms with E-state index < -0.39 is 5.41 Å². The lowest BCUT2D eigenvalue weighted by Gasteiger charge is -2.35. The van der Waals surface area contributed by atoms with Crippen LogP contribution in [0.1, 0.15) is 64.3 Å². The Morgan fingerprint density at radius 3 is 1.57 bits per heavy atom. The third-order valence-corrected chi connectivity index (χ3v) is 17.4. The predicted octanol–water partition coefficient (Wildman–Crippen LogP) is 22.0. The van der Waals surface area contributed by atoms with Crippen molar-refractivity contribution < 1.29 is 0 Å². The van der Waals surface area contributed by atoms with Gasteiger partial charge >= 0.3 is 0 Å². The maximum atomic E-state index is 4.14. The summed E-state index contributed by atoms with van der Waals surface area (Å²) in [6, 6.07) is 99.6. The zero-order valence-corrected chi connectivity index (χ0v) is 46.8. The molecule has 0 bridgehead atoms. The third kappa shape index (κ3) is 8.74. The van der Waals surface area contributed by atoms with Crippen molar-refractivity contribution in [3.8, 4) is 50.2 Å². The van der Waals surface area contributed by atoms with E-state index in [4.69, 9.17) is 0 Å². The average Bonchev–Trinajstić information content (AvgIpc) is 2.26. The molecule has 0 saturated carbocycles. The van der Waals surface area contributed by atoms with Crippen LogP contribution in [0.5, 0.6) is 0 Å². The number of hydrogen-bond donors (Lipinski definition) is 0. The number of hydrogen-bond acceptors (Lipinski definition) is 1. The zero-order valence-electron chi connectivity index (χ0n) is 46.8. The summed E-state index contributed by atoms with van der Waals surface area (Å²) in [6.07, 6.45) is 9.13. The summed E-state index contributed by atoms with van der Waals surface area (Å²) >= 11 is 0. The van der Waals surface area contributed by atoms with Crippen LogP contribution < -0.4 is 4.90 Å². The Balaban J connectivity index is 0.968. The van der Waals surface area contributed by atoms with Gasteiger partial charge in [-0.2, -0.15) is 0 Å². The maximum absolute atomic E-state index is 4.14. The molecule has 0 aliphatic heterocycles. The van der Waals surface area contributed by atoms with Crippen molar-refractivity contribution in [2.45, 2.75) is 31.6 Å². The van der Waals surface area contributed by atoms with Gasteiger partial charge in [-0.25, -0.2) is 0 Å². The molecule has 2 heteroatoms. The lowest BCUT2D eigenvalue weighted by atomic mass is 9.67. The number of benzene rings is 12. The van der Waals surface area contributed by atoms with E-state index in [1.165, 1.54) is 89.3 Å². The topological polar surface area (TPSA) is 8.17 Å². The van der Waals surface area contributed by atoms with Gasteiger partial charge in [0.25, 0.3) is 0 Å². The zero-order chi connectivity index (χ0) is 56.0. The van der Waals surface area contributed by atoms with E-state index in [2.05, 4.69) is 303 Å². The van der Waals surface area contributed by atoms with Gasteiger partial charge in [-0.1, -0.05) is 251 Å². The Morgan fingerprint density at radius 1 is 0.386 bits per heavy atom. The minimum Gasteiger partial charge on any atom is -0.310 e. The summed E-state index contributed by atoms with van der Waals surface area (Å²) < 4.78 is 2.40. The first-order chi connectivity index (χ1) is 40.9. The number of fused-ring (bicyclic) bond motifs is 7. The average molecular weight is 1060 g/mol. The van der Waals surface area contributed by atoms with E-state index in [0.29, 0.717) is 0 Å². The molecule has 1 atom stereocenters. The van der Waals surface area contributed by atoms with Crippen molar-refractivity contribution >= 4 is 67.9 Å². The number of unbranched alkanes of at least 4 members (excludes halogenated alkanes) is 1. The van der Waals surface area contributed by atoms with Gasteiger partial charge in [0, 0.05) is 33.2 Å². The SMILES string of the molecule is C=Cc1ccc(-c2ccc3c(c2)c2cc(-c4ccc(N(c5ccc(-c6ccccc6)cc5)c5ccc6c(c5)C(c5ccc(C=C)cc5)(c5ccc(CCCC)cc5)c5ccccc5-6)c5ccccc45)ccc2n3-c2ccc(C=C)cc2)cc1. The highest BCUT2D eigenvalue weighted by molar-refractivity contribution is 6.13. The van der Waals surface area contributed by atoms with Crippen LogP contribution in [-0.4, -0.2) is 4.57 Å². The molecule has 1 unspecified atom stereocenters. The van der Waals surface area contributed by atoms with Gasteiger partial charge in [-0.3, -0.25) is 0 Å². The largest absolute Gasteiger partial charge is 0.310 e. The van der Waals surface area contributed by atoms with Gasteiger partial charge in [0.15, 0.2) is 0 Å². The van der Waals surface area contributed by atoms with Crippen LogP contribution in [0.15, 0.2) is 287 Å². The number of aromatic nitrogens is 1. The minimum atomic E-state index is -0.604. The normalized spacial score (nSPS) is 13.5. The Labute approximate surface area is 487 Å². The Bertz CT molecular complexity index is 4600. The standard InChI is InChI=1S/C81H62N2/c1-5-9-17-58-28-40-65(41-29-58)81(64-38-26-56(7-3)27-39-64)76-23-16-15-21-71(76)72-47-46-68(54-77(72)81)82(66-44-34-60(35-45-66)59-18-11-10-12-19-59)78-51-48-69(70-20-13-14-22-73(70)78)63-37-50-80-75(53-63)74-52-62(61-32-24-55(6-2)25-33-61)36-49-79(74)83(80)67-42-30-57(8-4)31-43-67/h6-8,10-16,18-54H,2-5,9,17H2,1H3. The molecule has 0 amide bonds. The van der Waals surface area contributed by atoms with Crippen molar-refractivity contribution in [3.05, 3.63) is 331 Å². The van der Waals surface area contributed by atoms with E-state index >= 15 is 0 Å². The summed E-state index contributed by atoms with van der Waals surface area (Å²) in [4.78, 5) is 2.49. The fraction of sp³-hybridized carbons (Fsp3) is 0.0617. The Morgan fingerprint density at radius 2 is 0.892 bits per heavy atom. The molecule has 1 aromatic heterocycles. The summed E-state index contributed by atoms with van der Waals surface area (Å²) in [5, 5.41) is 4.73. The molecule has 396 valence electrons. The van der Waals surface area contributed by atoms with Crippen molar-refractivity contribution in [2.75, 3.05) is 4.90 Å². The van der Waals surface area contributed by atoms with E-state index in [1.54, 1.807) is 0 Å². The second-order valence-electron chi connectivity index (χ2n) is 22.0. The van der Waals surface area contributed by atoms with E-state index in [-0.39, 0.29) is 0 Å². The van der Waals surface area contributed by atoms with Crippen LogP contribution in [0.2, 0.25) is 0 Å². The first kappa shape index (κ1) is 50.9. The quantitative estimate of drug-likeness (QED) is 0.0993. The maximum Gasteiger partial charge on any atom is 0.0714 e. The van der Waals surface area contributed by atoms with E-state index in [1.807, 2.05) is 18.2 Å². The summed E-state index contributed by atoms with van der Waals surface area (Å²) in [6.45, 7) is 14.4. The molecule has 0 N–H and O–H groups in total. The van der Waals surface area contributed by atoms with Crippen LogP contribution in [0.25, 0.3) is 101 Å². The molecular formula is C81H62N2. The van der Waals surface area contributed by atoms with Crippen LogP contribution >= 0.6 is 0 Å². The molecule has 1 heterocycles. The van der Waals surface area contributed by atoms with Crippen molar-refractivity contribution in [3.63, 3.8) is 0 Å². The number of anilines is 3. The Kier molecular flexibility index (Phi) is 13.1. The molecule has 83 heavy (non-hydrogen) atoms. The van der Waals surface area contributed by atoms with Crippen LogP contribution in [0.3, 0.4) is 0 Å². The lowest BCUT2D eigenvalue weighted by molar-refractivity contribution is 0.763. The van der Waals surface area contributed by atoms with Crippen LogP contribution in [0, 0.1) is 0 Å². The monoisotopic (exact) mass is 1060 g/mol. The number of nitrogens with zero attached hydrogens (tertiary/aromatic N) is 2. The summed E-state index contributed by atoms with van der Waals surface area (Å²) in [5.41, 5.74) is 25.3. The molecule has 0 saturated heterocycles. The van der Waals surface area contributed by atoms with Crippen molar-refractivity contribution in [2.24, 2.45) is 0 Å². The first-order valence-electron chi connectivity index (χ1n) is 29.0. The highest BCUT2D eigenvalue weighted by Gasteiger charge is 2.46. The highest BCUT2D eigenvalue weighted by atomic mass is 15.1. The van der Waals surface area contributed by atoms with Gasteiger partial charge < -0.3 is 9.47 Å². The Hall–Kier alpha value is -10.3. The molecule has 13 aromatic rings. The second-order valence-corrected chi connectivity index (χ2v) is 22.0. The van der Waals surface area contributed by atoms with Gasteiger partial charge in [-0.15, -0.1) is 0 Å². The second kappa shape index (κ2) is 21.3. The molecule has 1 aliphatic carbocycles. The summed E-state index contributed by atoms with van der Waals surface area (Å²) in [7, 11) is 0. The highest BCUT2D eigenvalue weighted by Crippen LogP contribution is 2.58. The van der Waals surface area contributed by atoms with Crippen LogP contribution in [-0.2, 0) is 11.8 Å². The van der Waals surface area contributed by atoms with E-state index in [9.17, 15) is 0 Å². The predicted molar refractivity (Wildman–Crippen MR) is 355 cm³/mol. The molecule has 14 rings (SSSR count).